The third kappa shape index (κ3) is 2.71. The van der Waals surface area contributed by atoms with E-state index in [1.165, 1.54) is 12.1 Å². The molecule has 0 heterocycles. The van der Waals surface area contributed by atoms with Crippen molar-refractivity contribution in [1.29, 1.82) is 5.26 Å². The maximum Gasteiger partial charge on any atom is 0.210 e. The van der Waals surface area contributed by atoms with E-state index in [1.54, 1.807) is 38.1 Å². The molecule has 90 valence electrons. The molecule has 0 saturated carbocycles. The fraction of sp³-hybridized carbons (Fsp3) is 0.333. The minimum Gasteiger partial charge on any atom is -0.297 e. The van der Waals surface area contributed by atoms with Gasteiger partial charge in [0.25, 0.3) is 0 Å². The van der Waals surface area contributed by atoms with Crippen LogP contribution in [0.25, 0.3) is 0 Å². The van der Waals surface area contributed by atoms with Crippen LogP contribution in [-0.4, -0.2) is 19.5 Å². The van der Waals surface area contributed by atoms with Crippen molar-refractivity contribution in [3.63, 3.8) is 0 Å². The van der Waals surface area contributed by atoms with Gasteiger partial charge in [-0.3, -0.25) is 4.79 Å². The average Bonchev–Trinajstić information content (AvgIpc) is 2.30. The zero-order valence-corrected chi connectivity index (χ0v) is 10.4. The highest BCUT2D eigenvalue weighted by Crippen LogP contribution is 2.18. The summed E-state index contributed by atoms with van der Waals surface area (Å²) in [6.45, 7) is 3.15. The SMILES string of the molecule is CC(C)C(=O)C(C#N)S(=O)(=O)c1ccccc1. The number of rotatable bonds is 4. The van der Waals surface area contributed by atoms with E-state index in [0.29, 0.717) is 0 Å². The number of benzene rings is 1. The monoisotopic (exact) mass is 251 g/mol. The van der Waals surface area contributed by atoms with E-state index in [1.807, 2.05) is 0 Å². The summed E-state index contributed by atoms with van der Waals surface area (Å²) < 4.78 is 24.1. The predicted molar refractivity (Wildman–Crippen MR) is 62.9 cm³/mol. The Kier molecular flexibility index (Phi) is 4.02. The van der Waals surface area contributed by atoms with Gasteiger partial charge in [0.1, 0.15) is 0 Å². The first-order valence-corrected chi connectivity index (χ1v) is 6.68. The Morgan fingerprint density at radius 2 is 1.76 bits per heavy atom. The highest BCUT2D eigenvalue weighted by atomic mass is 32.2. The Labute approximate surface area is 101 Å². The molecular weight excluding hydrogens is 238 g/mol. The van der Waals surface area contributed by atoms with Crippen molar-refractivity contribution in [1.82, 2.24) is 0 Å². The summed E-state index contributed by atoms with van der Waals surface area (Å²) in [5.74, 6) is -1.06. The van der Waals surface area contributed by atoms with Crippen molar-refractivity contribution in [2.45, 2.75) is 24.0 Å². The minimum atomic E-state index is -3.91. The Balaban J connectivity index is 3.23. The van der Waals surface area contributed by atoms with Crippen molar-refractivity contribution in [2.24, 2.45) is 5.92 Å². The second-order valence-electron chi connectivity index (χ2n) is 3.92. The van der Waals surface area contributed by atoms with Gasteiger partial charge in [-0.05, 0) is 12.1 Å². The summed E-state index contributed by atoms with van der Waals surface area (Å²) >= 11 is 0. The molecule has 17 heavy (non-hydrogen) atoms. The predicted octanol–water partition coefficient (Wildman–Crippen LogP) is 1.58. The fourth-order valence-electron chi connectivity index (χ4n) is 1.33. The molecular formula is C12H13NO3S. The highest BCUT2D eigenvalue weighted by Gasteiger charge is 2.34. The molecule has 0 radical (unpaired) electrons. The van der Waals surface area contributed by atoms with Gasteiger partial charge in [0.05, 0.1) is 11.0 Å². The number of ketones is 1. The molecule has 0 aliphatic heterocycles. The maximum atomic E-state index is 12.1. The van der Waals surface area contributed by atoms with Crippen LogP contribution in [0.15, 0.2) is 35.2 Å². The van der Waals surface area contributed by atoms with Crippen LogP contribution in [0.3, 0.4) is 0 Å². The van der Waals surface area contributed by atoms with Crippen LogP contribution in [0.4, 0.5) is 0 Å². The number of hydrogen-bond acceptors (Lipinski definition) is 4. The van der Waals surface area contributed by atoms with E-state index in [4.69, 9.17) is 5.26 Å². The van der Waals surface area contributed by atoms with Gasteiger partial charge >= 0.3 is 0 Å². The van der Waals surface area contributed by atoms with Crippen molar-refractivity contribution < 1.29 is 13.2 Å². The number of nitriles is 1. The van der Waals surface area contributed by atoms with Gasteiger partial charge in [0, 0.05) is 5.92 Å². The van der Waals surface area contributed by atoms with Crippen molar-refractivity contribution in [2.75, 3.05) is 0 Å². The number of carbonyl (C=O) groups excluding carboxylic acids is 1. The zero-order valence-electron chi connectivity index (χ0n) is 9.62. The molecule has 0 bridgehead atoms. The third-order valence-corrected chi connectivity index (χ3v) is 4.21. The molecule has 1 rings (SSSR count). The summed E-state index contributed by atoms with van der Waals surface area (Å²) in [5.41, 5.74) is 0. The Hall–Kier alpha value is -1.67. The van der Waals surface area contributed by atoms with Crippen molar-refractivity contribution in [3.05, 3.63) is 30.3 Å². The summed E-state index contributed by atoms with van der Waals surface area (Å²) in [5, 5.41) is 7.27. The summed E-state index contributed by atoms with van der Waals surface area (Å²) in [4.78, 5) is 11.7. The molecule has 0 spiro atoms. The van der Waals surface area contributed by atoms with E-state index in [9.17, 15) is 13.2 Å². The number of Topliss-reactive ketones (excluding diaryl/α,β-unsaturated/α-hetero) is 1. The number of nitrogens with zero attached hydrogens (tertiary/aromatic N) is 1. The molecule has 0 fully saturated rings. The first-order valence-electron chi connectivity index (χ1n) is 5.13. The molecule has 1 atom stereocenters. The van der Waals surface area contributed by atoms with Crippen LogP contribution in [0.1, 0.15) is 13.8 Å². The Morgan fingerprint density at radius 1 is 1.24 bits per heavy atom. The summed E-state index contributed by atoms with van der Waals surface area (Å²) in [6, 6.07) is 9.13. The second kappa shape index (κ2) is 5.11. The van der Waals surface area contributed by atoms with Crippen molar-refractivity contribution in [3.8, 4) is 6.07 Å². The van der Waals surface area contributed by atoms with E-state index in [2.05, 4.69) is 0 Å². The molecule has 0 saturated heterocycles. The topological polar surface area (TPSA) is 75.0 Å². The molecule has 0 aromatic heterocycles. The lowest BCUT2D eigenvalue weighted by Gasteiger charge is -2.11. The largest absolute Gasteiger partial charge is 0.297 e. The molecule has 0 aliphatic rings. The molecule has 1 unspecified atom stereocenters. The maximum absolute atomic E-state index is 12.1. The van der Waals surface area contributed by atoms with Crippen LogP contribution in [-0.2, 0) is 14.6 Å². The smallest absolute Gasteiger partial charge is 0.210 e. The lowest BCUT2D eigenvalue weighted by Crippen LogP contribution is -2.32. The van der Waals surface area contributed by atoms with Gasteiger partial charge in [0.2, 0.25) is 15.1 Å². The van der Waals surface area contributed by atoms with Crippen LogP contribution in [0, 0.1) is 17.2 Å². The van der Waals surface area contributed by atoms with Gasteiger partial charge < -0.3 is 0 Å². The van der Waals surface area contributed by atoms with Crippen LogP contribution < -0.4 is 0 Å². The van der Waals surface area contributed by atoms with Crippen LogP contribution in [0.5, 0.6) is 0 Å². The van der Waals surface area contributed by atoms with Crippen LogP contribution >= 0.6 is 0 Å². The fourth-order valence-corrected chi connectivity index (χ4v) is 2.86. The molecule has 1 aromatic carbocycles. The lowest BCUT2D eigenvalue weighted by atomic mass is 10.1. The number of hydrogen-bond donors (Lipinski definition) is 0. The molecule has 0 N–H and O–H groups in total. The highest BCUT2D eigenvalue weighted by molar-refractivity contribution is 7.93. The van der Waals surface area contributed by atoms with Crippen LogP contribution in [0.2, 0.25) is 0 Å². The van der Waals surface area contributed by atoms with E-state index in [0.717, 1.165) is 0 Å². The van der Waals surface area contributed by atoms with Gasteiger partial charge in [-0.1, -0.05) is 32.0 Å². The van der Waals surface area contributed by atoms with Gasteiger partial charge in [-0.25, -0.2) is 8.42 Å². The molecule has 0 aliphatic carbocycles. The zero-order chi connectivity index (χ0) is 13.1. The Bertz CT molecular complexity index is 541. The second-order valence-corrected chi connectivity index (χ2v) is 5.96. The Morgan fingerprint density at radius 3 is 2.18 bits per heavy atom. The molecule has 5 heteroatoms. The first-order chi connectivity index (χ1) is 7.91. The minimum absolute atomic E-state index is 0.000509. The van der Waals surface area contributed by atoms with E-state index >= 15 is 0 Å². The standard InChI is InChI=1S/C12H13NO3S/c1-9(2)12(14)11(8-13)17(15,16)10-6-4-3-5-7-10/h3-7,9,11H,1-2H3. The normalized spacial score (nSPS) is 13.1. The summed E-state index contributed by atoms with van der Waals surface area (Å²) in [6.07, 6.45) is 0. The van der Waals surface area contributed by atoms with Gasteiger partial charge in [-0.15, -0.1) is 0 Å². The van der Waals surface area contributed by atoms with Gasteiger partial charge in [-0.2, -0.15) is 5.26 Å². The van der Waals surface area contributed by atoms with Crippen molar-refractivity contribution >= 4 is 15.6 Å². The average molecular weight is 251 g/mol. The van der Waals surface area contributed by atoms with E-state index < -0.39 is 26.8 Å². The quantitative estimate of drug-likeness (QED) is 0.814. The molecule has 0 amide bonds. The molecule has 4 nitrogen and oxygen atoms in total. The number of sulfone groups is 1. The van der Waals surface area contributed by atoms with Gasteiger partial charge in [0.15, 0.2) is 5.78 Å². The first kappa shape index (κ1) is 13.4. The lowest BCUT2D eigenvalue weighted by molar-refractivity contribution is -0.120. The summed E-state index contributed by atoms with van der Waals surface area (Å²) in [7, 11) is -3.91. The number of carbonyl (C=O) groups is 1. The molecule has 1 aromatic rings. The van der Waals surface area contributed by atoms with E-state index in [-0.39, 0.29) is 4.90 Å². The third-order valence-electron chi connectivity index (χ3n) is 2.33.